The molecule has 0 saturated heterocycles. The Morgan fingerprint density at radius 2 is 2.04 bits per heavy atom. The molecule has 2 rings (SSSR count). The average Bonchev–Trinajstić information content (AvgIpc) is 3.06. The molecule has 1 aromatic heterocycles. The minimum absolute atomic E-state index is 0.0461. The molecule has 0 spiro atoms. The third-order valence-electron chi connectivity index (χ3n) is 3.73. The van der Waals surface area contributed by atoms with Gasteiger partial charge in [-0.1, -0.05) is 13.8 Å². The van der Waals surface area contributed by atoms with E-state index >= 15 is 0 Å². The molecule has 0 saturated carbocycles. The van der Waals surface area contributed by atoms with E-state index in [1.165, 1.54) is 5.01 Å². The minimum atomic E-state index is -0.197. The lowest BCUT2D eigenvalue weighted by Crippen LogP contribution is -2.36. The highest BCUT2D eigenvalue weighted by atomic mass is 32.1. The van der Waals surface area contributed by atoms with E-state index in [0.717, 1.165) is 24.2 Å². The second-order valence-corrected chi connectivity index (χ2v) is 6.62. The molecule has 0 aliphatic heterocycles. The molecular formula is C18H25N3O2S. The molecule has 5 nitrogen and oxygen atoms in total. The monoisotopic (exact) mass is 347 g/mol. The SMILES string of the molecule is CCCc1nc(CNc2ccc(C(=O)NC(CC)CO)cc2)cs1. The van der Waals surface area contributed by atoms with Crippen molar-refractivity contribution in [2.45, 2.75) is 45.7 Å². The van der Waals surface area contributed by atoms with Gasteiger partial charge in [0.15, 0.2) is 0 Å². The second kappa shape index (κ2) is 9.39. The van der Waals surface area contributed by atoms with Crippen LogP contribution in [-0.2, 0) is 13.0 Å². The number of aryl methyl sites for hydroxylation is 1. The van der Waals surface area contributed by atoms with Crippen LogP contribution in [-0.4, -0.2) is 28.6 Å². The molecular weight excluding hydrogens is 322 g/mol. The summed E-state index contributed by atoms with van der Waals surface area (Å²) >= 11 is 1.70. The van der Waals surface area contributed by atoms with Crippen molar-refractivity contribution in [2.24, 2.45) is 0 Å². The van der Waals surface area contributed by atoms with Gasteiger partial charge in [-0.2, -0.15) is 0 Å². The van der Waals surface area contributed by atoms with Gasteiger partial charge in [0.1, 0.15) is 0 Å². The summed E-state index contributed by atoms with van der Waals surface area (Å²) < 4.78 is 0. The van der Waals surface area contributed by atoms with Crippen LogP contribution in [0.4, 0.5) is 5.69 Å². The summed E-state index contributed by atoms with van der Waals surface area (Å²) in [5, 5.41) is 18.5. The van der Waals surface area contributed by atoms with Crippen molar-refractivity contribution in [3.63, 3.8) is 0 Å². The van der Waals surface area contributed by atoms with Crippen LogP contribution in [0.5, 0.6) is 0 Å². The Morgan fingerprint density at radius 1 is 1.29 bits per heavy atom. The Kier molecular flexibility index (Phi) is 7.21. The summed E-state index contributed by atoms with van der Waals surface area (Å²) in [5.74, 6) is -0.161. The molecule has 1 atom stereocenters. The quantitative estimate of drug-likeness (QED) is 0.651. The van der Waals surface area contributed by atoms with Gasteiger partial charge in [0.25, 0.3) is 5.91 Å². The molecule has 0 fully saturated rings. The molecule has 0 aliphatic rings. The Hall–Kier alpha value is -1.92. The number of carbonyl (C=O) groups excluding carboxylic acids is 1. The average molecular weight is 347 g/mol. The van der Waals surface area contributed by atoms with Crippen LogP contribution in [0.25, 0.3) is 0 Å². The largest absolute Gasteiger partial charge is 0.394 e. The highest BCUT2D eigenvalue weighted by Gasteiger charge is 2.11. The Balaban J connectivity index is 1.88. The summed E-state index contributed by atoms with van der Waals surface area (Å²) in [5.41, 5.74) is 2.58. The smallest absolute Gasteiger partial charge is 0.251 e. The molecule has 3 N–H and O–H groups in total. The van der Waals surface area contributed by atoms with E-state index in [1.807, 2.05) is 19.1 Å². The first-order valence-electron chi connectivity index (χ1n) is 8.35. The lowest BCUT2D eigenvalue weighted by Gasteiger charge is -2.14. The number of aliphatic hydroxyl groups is 1. The predicted molar refractivity (Wildman–Crippen MR) is 98.5 cm³/mol. The van der Waals surface area contributed by atoms with Crippen LogP contribution in [0.1, 0.15) is 47.7 Å². The lowest BCUT2D eigenvalue weighted by molar-refractivity contribution is 0.0915. The maximum absolute atomic E-state index is 12.1. The van der Waals surface area contributed by atoms with Crippen molar-refractivity contribution in [3.05, 3.63) is 45.9 Å². The third kappa shape index (κ3) is 5.32. The predicted octanol–water partition coefficient (Wildman–Crippen LogP) is 3.21. The number of aromatic nitrogens is 1. The van der Waals surface area contributed by atoms with Crippen molar-refractivity contribution in [1.29, 1.82) is 0 Å². The first-order chi connectivity index (χ1) is 11.7. The van der Waals surface area contributed by atoms with Gasteiger partial charge in [-0.25, -0.2) is 4.98 Å². The maximum atomic E-state index is 12.1. The van der Waals surface area contributed by atoms with Crippen molar-refractivity contribution >= 4 is 22.9 Å². The van der Waals surface area contributed by atoms with Crippen LogP contribution in [0.2, 0.25) is 0 Å². The van der Waals surface area contributed by atoms with Gasteiger partial charge in [-0.15, -0.1) is 11.3 Å². The number of thiazole rings is 1. The maximum Gasteiger partial charge on any atom is 0.251 e. The van der Waals surface area contributed by atoms with Gasteiger partial charge < -0.3 is 15.7 Å². The molecule has 2 aromatic rings. The fraction of sp³-hybridized carbons (Fsp3) is 0.444. The summed E-state index contributed by atoms with van der Waals surface area (Å²) in [6.07, 6.45) is 2.84. The number of rotatable bonds is 9. The van der Waals surface area contributed by atoms with E-state index in [0.29, 0.717) is 18.5 Å². The van der Waals surface area contributed by atoms with Crippen LogP contribution < -0.4 is 10.6 Å². The van der Waals surface area contributed by atoms with Gasteiger partial charge >= 0.3 is 0 Å². The zero-order valence-corrected chi connectivity index (χ0v) is 15.0. The van der Waals surface area contributed by atoms with Gasteiger partial charge in [-0.3, -0.25) is 4.79 Å². The van der Waals surface area contributed by atoms with Crippen LogP contribution >= 0.6 is 11.3 Å². The van der Waals surface area contributed by atoms with E-state index in [2.05, 4.69) is 27.9 Å². The second-order valence-electron chi connectivity index (χ2n) is 5.67. The first-order valence-corrected chi connectivity index (χ1v) is 9.23. The van der Waals surface area contributed by atoms with Gasteiger partial charge in [0.05, 0.1) is 29.9 Å². The normalized spacial score (nSPS) is 12.0. The molecule has 1 aromatic carbocycles. The van der Waals surface area contributed by atoms with Gasteiger partial charge in [0.2, 0.25) is 0 Å². The number of hydrogen-bond donors (Lipinski definition) is 3. The summed E-state index contributed by atoms with van der Waals surface area (Å²) in [6, 6.07) is 7.14. The molecule has 24 heavy (non-hydrogen) atoms. The molecule has 1 amide bonds. The standard InChI is InChI=1S/C18H25N3O2S/c1-3-5-17-20-16(12-24-17)10-19-15-8-6-13(7-9-15)18(23)21-14(4-2)11-22/h6-9,12,14,19,22H,3-5,10-11H2,1-2H3,(H,21,23). The van der Waals surface area contributed by atoms with Crippen molar-refractivity contribution < 1.29 is 9.90 Å². The van der Waals surface area contributed by atoms with E-state index in [-0.39, 0.29) is 18.6 Å². The lowest BCUT2D eigenvalue weighted by atomic mass is 10.1. The zero-order chi connectivity index (χ0) is 17.4. The van der Waals surface area contributed by atoms with E-state index in [9.17, 15) is 4.79 Å². The van der Waals surface area contributed by atoms with E-state index in [4.69, 9.17) is 5.11 Å². The summed E-state index contributed by atoms with van der Waals surface area (Å²) in [4.78, 5) is 16.7. The topological polar surface area (TPSA) is 74.2 Å². The van der Waals surface area contributed by atoms with Crippen molar-refractivity contribution in [2.75, 3.05) is 11.9 Å². The van der Waals surface area contributed by atoms with Gasteiger partial charge in [-0.05, 0) is 43.5 Å². The van der Waals surface area contributed by atoms with Gasteiger partial charge in [0, 0.05) is 16.6 Å². The Labute approximate surface area is 147 Å². The number of nitrogens with one attached hydrogen (secondary N) is 2. The molecule has 1 heterocycles. The number of nitrogens with zero attached hydrogens (tertiary/aromatic N) is 1. The highest BCUT2D eigenvalue weighted by Crippen LogP contribution is 2.15. The molecule has 6 heteroatoms. The zero-order valence-electron chi connectivity index (χ0n) is 14.2. The molecule has 0 radical (unpaired) electrons. The number of aliphatic hydroxyl groups excluding tert-OH is 1. The Morgan fingerprint density at radius 3 is 2.67 bits per heavy atom. The van der Waals surface area contributed by atoms with Crippen molar-refractivity contribution in [3.8, 4) is 0 Å². The highest BCUT2D eigenvalue weighted by molar-refractivity contribution is 7.09. The van der Waals surface area contributed by atoms with Crippen LogP contribution in [0.15, 0.2) is 29.6 Å². The van der Waals surface area contributed by atoms with E-state index in [1.54, 1.807) is 23.5 Å². The number of anilines is 1. The summed E-state index contributed by atoms with van der Waals surface area (Å²) in [6.45, 7) is 4.71. The number of carbonyl (C=O) groups is 1. The fourth-order valence-corrected chi connectivity index (χ4v) is 3.14. The van der Waals surface area contributed by atoms with Crippen LogP contribution in [0, 0.1) is 0 Å². The summed E-state index contributed by atoms with van der Waals surface area (Å²) in [7, 11) is 0. The van der Waals surface area contributed by atoms with E-state index < -0.39 is 0 Å². The number of hydrogen-bond acceptors (Lipinski definition) is 5. The minimum Gasteiger partial charge on any atom is -0.394 e. The molecule has 0 bridgehead atoms. The number of amides is 1. The molecule has 130 valence electrons. The van der Waals surface area contributed by atoms with Crippen LogP contribution in [0.3, 0.4) is 0 Å². The first kappa shape index (κ1) is 18.4. The molecule has 1 unspecified atom stereocenters. The third-order valence-corrected chi connectivity index (χ3v) is 4.69. The molecule has 0 aliphatic carbocycles. The number of benzene rings is 1. The Bertz CT molecular complexity index is 636. The fourth-order valence-electron chi connectivity index (χ4n) is 2.24. The van der Waals surface area contributed by atoms with Crippen molar-refractivity contribution in [1.82, 2.24) is 10.3 Å².